The highest BCUT2D eigenvalue weighted by molar-refractivity contribution is 5.83. The summed E-state index contributed by atoms with van der Waals surface area (Å²) in [4.78, 5) is 36.1. The van der Waals surface area contributed by atoms with Crippen molar-refractivity contribution in [1.82, 2.24) is 20.3 Å². The Balaban J connectivity index is 1.66. The number of aryl methyl sites for hydroxylation is 1. The zero-order valence-electron chi connectivity index (χ0n) is 18.6. The van der Waals surface area contributed by atoms with Gasteiger partial charge in [-0.3, -0.25) is 9.59 Å². The van der Waals surface area contributed by atoms with Crippen molar-refractivity contribution in [3.8, 4) is 0 Å². The SMILES string of the molecule is Cc1cccc(CC(=O)N[C@@H](Cc2c[nH]c3ccccc23)c2cc(=O)[nH]c(C(C)C)n2)c1. The number of hydrogen-bond donors (Lipinski definition) is 3. The molecule has 0 saturated heterocycles. The molecule has 1 atom stereocenters. The van der Waals surface area contributed by atoms with Gasteiger partial charge in [-0.1, -0.05) is 61.9 Å². The third kappa shape index (κ3) is 4.97. The van der Waals surface area contributed by atoms with Gasteiger partial charge in [-0.15, -0.1) is 0 Å². The summed E-state index contributed by atoms with van der Waals surface area (Å²) in [6.07, 6.45) is 2.75. The first-order valence-corrected chi connectivity index (χ1v) is 10.9. The first-order chi connectivity index (χ1) is 15.4. The monoisotopic (exact) mass is 428 g/mol. The maximum Gasteiger partial charge on any atom is 0.251 e. The van der Waals surface area contributed by atoms with E-state index in [2.05, 4.69) is 26.3 Å². The average Bonchev–Trinajstić information content (AvgIpc) is 3.16. The summed E-state index contributed by atoms with van der Waals surface area (Å²) < 4.78 is 0. The Morgan fingerprint density at radius 2 is 1.91 bits per heavy atom. The number of aromatic nitrogens is 3. The molecular weight excluding hydrogens is 400 g/mol. The predicted octanol–water partition coefficient (Wildman–Crippen LogP) is 4.33. The Bertz CT molecular complexity index is 1300. The number of fused-ring (bicyclic) bond motifs is 1. The first-order valence-electron chi connectivity index (χ1n) is 10.9. The lowest BCUT2D eigenvalue weighted by molar-refractivity contribution is -0.121. The molecule has 0 radical (unpaired) electrons. The Morgan fingerprint density at radius 1 is 1.09 bits per heavy atom. The van der Waals surface area contributed by atoms with Crippen LogP contribution in [0.5, 0.6) is 0 Å². The van der Waals surface area contributed by atoms with Crippen molar-refractivity contribution in [3.05, 3.63) is 99.4 Å². The van der Waals surface area contributed by atoms with Crippen LogP contribution in [0.4, 0.5) is 0 Å². The summed E-state index contributed by atoms with van der Waals surface area (Å²) in [5.74, 6) is 0.581. The Labute approximate surface area is 187 Å². The van der Waals surface area contributed by atoms with Crippen LogP contribution in [-0.2, 0) is 17.6 Å². The fourth-order valence-corrected chi connectivity index (χ4v) is 3.95. The van der Waals surface area contributed by atoms with Gasteiger partial charge in [-0.25, -0.2) is 4.98 Å². The van der Waals surface area contributed by atoms with Crippen LogP contribution in [0.25, 0.3) is 10.9 Å². The summed E-state index contributed by atoms with van der Waals surface area (Å²) >= 11 is 0. The quantitative estimate of drug-likeness (QED) is 0.409. The van der Waals surface area contributed by atoms with Crippen molar-refractivity contribution in [2.45, 2.75) is 45.6 Å². The molecule has 32 heavy (non-hydrogen) atoms. The highest BCUT2D eigenvalue weighted by atomic mass is 16.1. The number of para-hydroxylation sites is 1. The number of rotatable bonds is 7. The summed E-state index contributed by atoms with van der Waals surface area (Å²) in [5, 5.41) is 4.23. The van der Waals surface area contributed by atoms with Crippen LogP contribution in [0.15, 0.2) is 65.6 Å². The number of aromatic amines is 2. The number of nitrogens with one attached hydrogen (secondary N) is 3. The van der Waals surface area contributed by atoms with Gasteiger partial charge in [0.2, 0.25) is 5.91 Å². The van der Waals surface area contributed by atoms with Gasteiger partial charge >= 0.3 is 0 Å². The van der Waals surface area contributed by atoms with E-state index >= 15 is 0 Å². The van der Waals surface area contributed by atoms with Crippen molar-refractivity contribution >= 4 is 16.8 Å². The second-order valence-electron chi connectivity index (χ2n) is 8.56. The largest absolute Gasteiger partial charge is 0.361 e. The van der Waals surface area contributed by atoms with Crippen molar-refractivity contribution in [2.75, 3.05) is 0 Å². The van der Waals surface area contributed by atoms with E-state index in [1.54, 1.807) is 0 Å². The maximum absolute atomic E-state index is 13.0. The number of carbonyl (C=O) groups is 1. The van der Waals surface area contributed by atoms with Crippen molar-refractivity contribution in [1.29, 1.82) is 0 Å². The van der Waals surface area contributed by atoms with Crippen LogP contribution >= 0.6 is 0 Å². The van der Waals surface area contributed by atoms with Crippen LogP contribution in [0.3, 0.4) is 0 Å². The van der Waals surface area contributed by atoms with Crippen LogP contribution in [0.1, 0.15) is 54.0 Å². The summed E-state index contributed by atoms with van der Waals surface area (Å²) in [6.45, 7) is 5.97. The topological polar surface area (TPSA) is 90.6 Å². The molecule has 3 N–H and O–H groups in total. The summed E-state index contributed by atoms with van der Waals surface area (Å²) in [6, 6.07) is 17.0. The fraction of sp³-hybridized carbons (Fsp3) is 0.269. The lowest BCUT2D eigenvalue weighted by Crippen LogP contribution is -2.33. The molecule has 0 fully saturated rings. The summed E-state index contributed by atoms with van der Waals surface area (Å²) in [5.41, 5.74) is 4.53. The predicted molar refractivity (Wildman–Crippen MR) is 127 cm³/mol. The molecule has 4 aromatic rings. The minimum atomic E-state index is -0.425. The molecule has 0 aliphatic carbocycles. The van der Waals surface area contributed by atoms with Crippen molar-refractivity contribution in [2.24, 2.45) is 0 Å². The van der Waals surface area contributed by atoms with E-state index in [1.807, 2.05) is 69.4 Å². The molecule has 0 spiro atoms. The van der Waals surface area contributed by atoms with E-state index in [4.69, 9.17) is 0 Å². The normalized spacial score (nSPS) is 12.2. The number of hydrogen-bond acceptors (Lipinski definition) is 3. The molecule has 2 heterocycles. The third-order valence-electron chi connectivity index (χ3n) is 5.57. The minimum absolute atomic E-state index is 0.0689. The molecule has 6 nitrogen and oxygen atoms in total. The Morgan fingerprint density at radius 3 is 2.69 bits per heavy atom. The molecule has 0 aliphatic heterocycles. The smallest absolute Gasteiger partial charge is 0.251 e. The molecule has 1 amide bonds. The zero-order valence-corrected chi connectivity index (χ0v) is 18.6. The van der Waals surface area contributed by atoms with Gasteiger partial charge in [-0.2, -0.15) is 0 Å². The van der Waals surface area contributed by atoms with Gasteiger partial charge in [0.05, 0.1) is 18.2 Å². The number of amides is 1. The van der Waals surface area contributed by atoms with E-state index in [-0.39, 0.29) is 23.8 Å². The molecule has 6 heteroatoms. The van der Waals surface area contributed by atoms with Gasteiger partial charge in [-0.05, 0) is 24.1 Å². The van der Waals surface area contributed by atoms with Gasteiger partial charge in [0.15, 0.2) is 0 Å². The molecule has 164 valence electrons. The molecule has 2 aromatic heterocycles. The average molecular weight is 429 g/mol. The van der Waals surface area contributed by atoms with E-state index in [1.165, 1.54) is 6.07 Å². The van der Waals surface area contributed by atoms with Crippen LogP contribution in [0.2, 0.25) is 0 Å². The van der Waals surface area contributed by atoms with Crippen molar-refractivity contribution < 1.29 is 4.79 Å². The molecule has 4 rings (SSSR count). The summed E-state index contributed by atoms with van der Waals surface area (Å²) in [7, 11) is 0. The van der Waals surface area contributed by atoms with Gasteiger partial charge in [0.1, 0.15) is 5.82 Å². The van der Waals surface area contributed by atoms with Crippen molar-refractivity contribution in [3.63, 3.8) is 0 Å². The van der Waals surface area contributed by atoms with E-state index in [0.29, 0.717) is 17.9 Å². The van der Waals surface area contributed by atoms with Gasteiger partial charge in [0.25, 0.3) is 5.56 Å². The van der Waals surface area contributed by atoms with Gasteiger partial charge in [0, 0.05) is 35.5 Å². The lowest BCUT2D eigenvalue weighted by Gasteiger charge is -2.19. The third-order valence-corrected chi connectivity index (χ3v) is 5.57. The molecule has 2 aromatic carbocycles. The Kier molecular flexibility index (Phi) is 6.21. The highest BCUT2D eigenvalue weighted by Gasteiger charge is 2.21. The molecule has 0 bridgehead atoms. The molecule has 0 aliphatic rings. The second kappa shape index (κ2) is 9.22. The molecule has 0 unspecified atom stereocenters. The fourth-order valence-electron chi connectivity index (χ4n) is 3.95. The number of nitrogens with zero attached hydrogens (tertiary/aromatic N) is 1. The number of carbonyl (C=O) groups excluding carboxylic acids is 1. The molecule has 0 saturated carbocycles. The minimum Gasteiger partial charge on any atom is -0.361 e. The van der Waals surface area contributed by atoms with E-state index in [0.717, 1.165) is 27.6 Å². The van der Waals surface area contributed by atoms with E-state index in [9.17, 15) is 9.59 Å². The van der Waals surface area contributed by atoms with Crippen LogP contribution < -0.4 is 10.9 Å². The van der Waals surface area contributed by atoms with E-state index < -0.39 is 6.04 Å². The molecular formula is C26H28N4O2. The van der Waals surface area contributed by atoms with Crippen LogP contribution in [-0.4, -0.2) is 20.9 Å². The van der Waals surface area contributed by atoms with Gasteiger partial charge < -0.3 is 15.3 Å². The number of benzene rings is 2. The highest BCUT2D eigenvalue weighted by Crippen LogP contribution is 2.24. The standard InChI is InChI=1S/C26H28N4O2/c1-16(2)26-29-23(14-25(32)30-26)22(13-19-15-27-21-10-5-4-9-20(19)21)28-24(31)12-18-8-6-7-17(3)11-18/h4-11,14-16,22,27H,12-13H2,1-3H3,(H,28,31)(H,29,30,32)/t22-/m0/s1. The van der Waals surface area contributed by atoms with Crippen LogP contribution in [0, 0.1) is 6.92 Å². The zero-order chi connectivity index (χ0) is 22.7. The Hall–Kier alpha value is -3.67. The first kappa shape index (κ1) is 21.6. The number of H-pyrrole nitrogens is 2. The lowest BCUT2D eigenvalue weighted by atomic mass is 10.0. The maximum atomic E-state index is 13.0. The second-order valence-corrected chi connectivity index (χ2v) is 8.56.